The molecule has 1 heterocycles. The van der Waals surface area contributed by atoms with Gasteiger partial charge >= 0.3 is 12.0 Å². The number of rotatable bonds is 19. The molecule has 0 aliphatic carbocycles. The van der Waals surface area contributed by atoms with Gasteiger partial charge in [0.05, 0.1) is 22.9 Å². The Labute approximate surface area is 230 Å². The zero-order valence-electron chi connectivity index (χ0n) is 22.2. The molecule has 0 atom stereocenters. The first-order valence-corrected chi connectivity index (χ1v) is 14.7. The average molecular weight is 552 g/mol. The van der Waals surface area contributed by atoms with E-state index in [1.54, 1.807) is 19.1 Å². The number of hydrogen-bond donors (Lipinski definition) is 3. The van der Waals surface area contributed by atoms with Gasteiger partial charge in [0, 0.05) is 11.5 Å². The lowest BCUT2D eigenvalue weighted by Crippen LogP contribution is -2.33. The van der Waals surface area contributed by atoms with Crippen molar-refractivity contribution in [3.8, 4) is 0 Å². The number of aromatic nitrogens is 2. The Morgan fingerprint density at radius 1 is 0.919 bits per heavy atom. The standard InChI is InChI=1S/C27H42ClN5O3S/c1-3-4-5-6-7-8-9-10-11-12-13-14-15-16-19-36-25(34)22-17-18-23(28)24(20-22)30-26(35)31-32-27-29-21(2)33-37-27/h17-18,20H,3-16,19H2,1-2H3,(H,29,32,33)(H2,30,31,35). The summed E-state index contributed by atoms with van der Waals surface area (Å²) in [5, 5.41) is 3.38. The van der Waals surface area contributed by atoms with Crippen molar-refractivity contribution in [2.24, 2.45) is 0 Å². The predicted octanol–water partition coefficient (Wildman–Crippen LogP) is 8.29. The molecule has 2 aromatic rings. The number of benzene rings is 1. The number of urea groups is 1. The van der Waals surface area contributed by atoms with E-state index in [4.69, 9.17) is 16.3 Å². The summed E-state index contributed by atoms with van der Waals surface area (Å²) in [6.07, 6.45) is 17.9. The van der Waals surface area contributed by atoms with E-state index in [1.807, 2.05) is 0 Å². The second-order valence-corrected chi connectivity index (χ2v) is 10.4. The van der Waals surface area contributed by atoms with Crippen molar-refractivity contribution in [2.75, 3.05) is 17.3 Å². The summed E-state index contributed by atoms with van der Waals surface area (Å²) in [6.45, 7) is 4.40. The number of ether oxygens (including phenoxy) is 1. The zero-order chi connectivity index (χ0) is 26.7. The maximum absolute atomic E-state index is 12.4. The highest BCUT2D eigenvalue weighted by molar-refractivity contribution is 7.09. The Kier molecular flexibility index (Phi) is 15.7. The van der Waals surface area contributed by atoms with Crippen LogP contribution in [0.5, 0.6) is 0 Å². The van der Waals surface area contributed by atoms with E-state index in [9.17, 15) is 9.59 Å². The first kappa shape index (κ1) is 30.8. The van der Waals surface area contributed by atoms with Gasteiger partial charge in [-0.1, -0.05) is 102 Å². The van der Waals surface area contributed by atoms with Crippen molar-refractivity contribution >= 4 is 46.0 Å². The van der Waals surface area contributed by atoms with Crippen LogP contribution in [0.1, 0.15) is 113 Å². The molecule has 0 saturated carbocycles. The Hall–Kier alpha value is -2.39. The summed E-state index contributed by atoms with van der Waals surface area (Å²) >= 11 is 7.30. The van der Waals surface area contributed by atoms with Gasteiger partial charge in [-0.3, -0.25) is 5.43 Å². The van der Waals surface area contributed by atoms with Gasteiger partial charge in [-0.2, -0.15) is 4.37 Å². The molecule has 8 nitrogen and oxygen atoms in total. The van der Waals surface area contributed by atoms with Crippen LogP contribution in [-0.4, -0.2) is 28.0 Å². The van der Waals surface area contributed by atoms with Crippen molar-refractivity contribution in [1.82, 2.24) is 14.8 Å². The van der Waals surface area contributed by atoms with Crippen LogP contribution in [0, 0.1) is 6.92 Å². The van der Waals surface area contributed by atoms with Gasteiger partial charge in [0.2, 0.25) is 5.13 Å². The van der Waals surface area contributed by atoms with E-state index in [0.717, 1.165) is 24.4 Å². The molecule has 0 radical (unpaired) electrons. The summed E-state index contributed by atoms with van der Waals surface area (Å²) in [4.78, 5) is 28.7. The van der Waals surface area contributed by atoms with E-state index in [1.165, 1.54) is 83.1 Å². The van der Waals surface area contributed by atoms with Gasteiger partial charge in [0.1, 0.15) is 5.82 Å². The number of nitrogens with one attached hydrogen (secondary N) is 3. The Balaban J connectivity index is 1.54. The number of esters is 1. The molecule has 0 aliphatic heterocycles. The summed E-state index contributed by atoms with van der Waals surface area (Å²) in [7, 11) is 0. The number of halogens is 1. The zero-order valence-corrected chi connectivity index (χ0v) is 23.8. The molecule has 2 rings (SSSR count). The van der Waals surface area contributed by atoms with Crippen LogP contribution in [0.4, 0.5) is 15.6 Å². The van der Waals surface area contributed by atoms with Gasteiger partial charge in [-0.15, -0.1) is 0 Å². The average Bonchev–Trinajstić information content (AvgIpc) is 3.31. The molecular weight excluding hydrogens is 510 g/mol. The molecule has 0 fully saturated rings. The van der Waals surface area contributed by atoms with Crippen LogP contribution in [0.15, 0.2) is 18.2 Å². The number of unbranched alkanes of at least 4 members (excludes halogenated alkanes) is 13. The van der Waals surface area contributed by atoms with Gasteiger partial charge in [-0.05, 0) is 31.5 Å². The molecule has 1 aromatic carbocycles. The topological polar surface area (TPSA) is 105 Å². The lowest BCUT2D eigenvalue weighted by atomic mass is 10.0. The molecular formula is C27H42ClN5O3S. The van der Waals surface area contributed by atoms with Gasteiger partial charge in [0.25, 0.3) is 0 Å². The number of carbonyl (C=O) groups is 2. The molecule has 10 heteroatoms. The van der Waals surface area contributed by atoms with Crippen molar-refractivity contribution in [3.05, 3.63) is 34.6 Å². The SMILES string of the molecule is CCCCCCCCCCCCCCCCOC(=O)c1ccc(Cl)c(NC(=O)NNc2nc(C)ns2)c1. The van der Waals surface area contributed by atoms with E-state index < -0.39 is 12.0 Å². The molecule has 37 heavy (non-hydrogen) atoms. The molecule has 3 N–H and O–H groups in total. The summed E-state index contributed by atoms with van der Waals surface area (Å²) in [6, 6.07) is 4.09. The molecule has 0 spiro atoms. The molecule has 1 aromatic heterocycles. The second kappa shape index (κ2) is 18.8. The molecule has 206 valence electrons. The maximum Gasteiger partial charge on any atom is 0.338 e. The fraction of sp³-hybridized carbons (Fsp3) is 0.630. The van der Waals surface area contributed by atoms with Crippen LogP contribution in [0.3, 0.4) is 0 Å². The molecule has 0 bridgehead atoms. The lowest BCUT2D eigenvalue weighted by molar-refractivity contribution is 0.0497. The van der Waals surface area contributed by atoms with Crippen molar-refractivity contribution < 1.29 is 14.3 Å². The second-order valence-electron chi connectivity index (χ2n) is 9.28. The minimum Gasteiger partial charge on any atom is -0.462 e. The van der Waals surface area contributed by atoms with Gasteiger partial charge in [-0.25, -0.2) is 20.0 Å². The first-order valence-electron chi connectivity index (χ1n) is 13.6. The minimum absolute atomic E-state index is 0.306. The first-order chi connectivity index (χ1) is 18.0. The Morgan fingerprint density at radius 3 is 2.08 bits per heavy atom. The number of amides is 2. The van der Waals surface area contributed by atoms with Crippen LogP contribution < -0.4 is 16.2 Å². The van der Waals surface area contributed by atoms with E-state index in [0.29, 0.717) is 33.8 Å². The third kappa shape index (κ3) is 13.6. The van der Waals surface area contributed by atoms with E-state index >= 15 is 0 Å². The fourth-order valence-corrected chi connectivity index (χ4v) is 4.60. The van der Waals surface area contributed by atoms with Crippen molar-refractivity contribution in [1.29, 1.82) is 0 Å². The molecule has 2 amide bonds. The monoisotopic (exact) mass is 551 g/mol. The summed E-state index contributed by atoms with van der Waals surface area (Å²) < 4.78 is 9.42. The number of hydrogen-bond acceptors (Lipinski definition) is 7. The maximum atomic E-state index is 12.4. The Bertz CT molecular complexity index is 941. The third-order valence-electron chi connectivity index (χ3n) is 5.99. The number of carbonyl (C=O) groups excluding carboxylic acids is 2. The third-order valence-corrected chi connectivity index (χ3v) is 7.04. The van der Waals surface area contributed by atoms with Crippen molar-refractivity contribution in [3.63, 3.8) is 0 Å². The van der Waals surface area contributed by atoms with Crippen molar-refractivity contribution in [2.45, 2.75) is 104 Å². The fourth-order valence-electron chi connectivity index (χ4n) is 3.90. The van der Waals surface area contributed by atoms with E-state index in [-0.39, 0.29) is 0 Å². The number of anilines is 2. The van der Waals surface area contributed by atoms with Crippen LogP contribution in [0.2, 0.25) is 5.02 Å². The van der Waals surface area contributed by atoms with E-state index in [2.05, 4.69) is 32.4 Å². The summed E-state index contributed by atoms with van der Waals surface area (Å²) in [5.41, 5.74) is 5.75. The summed E-state index contributed by atoms with van der Waals surface area (Å²) in [5.74, 6) is 0.176. The van der Waals surface area contributed by atoms with Crippen LogP contribution in [-0.2, 0) is 4.74 Å². The number of hydrazine groups is 1. The molecule has 0 unspecified atom stereocenters. The molecule has 0 aliphatic rings. The highest BCUT2D eigenvalue weighted by atomic mass is 35.5. The van der Waals surface area contributed by atoms with Gasteiger partial charge < -0.3 is 10.1 Å². The van der Waals surface area contributed by atoms with Crippen LogP contribution >= 0.6 is 23.1 Å². The smallest absolute Gasteiger partial charge is 0.338 e. The lowest BCUT2D eigenvalue weighted by Gasteiger charge is -2.11. The molecule has 0 saturated heterocycles. The highest BCUT2D eigenvalue weighted by Gasteiger charge is 2.12. The minimum atomic E-state index is -0.553. The number of nitrogens with zero attached hydrogens (tertiary/aromatic N) is 2. The number of aryl methyl sites for hydroxylation is 1. The quantitative estimate of drug-likeness (QED) is 0.0921. The predicted molar refractivity (Wildman–Crippen MR) is 152 cm³/mol. The highest BCUT2D eigenvalue weighted by Crippen LogP contribution is 2.23. The van der Waals surface area contributed by atoms with Gasteiger partial charge in [0.15, 0.2) is 0 Å². The Morgan fingerprint density at radius 2 is 1.51 bits per heavy atom. The normalized spacial score (nSPS) is 10.8. The van der Waals surface area contributed by atoms with Crippen LogP contribution in [0.25, 0.3) is 0 Å². The largest absolute Gasteiger partial charge is 0.462 e.